The van der Waals surface area contributed by atoms with Crippen molar-refractivity contribution >= 4 is 27.7 Å². The van der Waals surface area contributed by atoms with Crippen LogP contribution in [0.3, 0.4) is 0 Å². The van der Waals surface area contributed by atoms with Crippen molar-refractivity contribution in [2.45, 2.75) is 24.8 Å². The van der Waals surface area contributed by atoms with Crippen molar-refractivity contribution in [2.75, 3.05) is 25.4 Å². The van der Waals surface area contributed by atoms with Crippen LogP contribution in [0.15, 0.2) is 33.6 Å². The molecule has 0 saturated carbocycles. The molecule has 0 heterocycles. The van der Waals surface area contributed by atoms with E-state index in [0.29, 0.717) is 0 Å². The fourth-order valence-electron chi connectivity index (χ4n) is 1.56. The summed E-state index contributed by atoms with van der Waals surface area (Å²) in [6, 6.07) is 8.19. The molecule has 1 aromatic carbocycles. The number of hydrogen-bond donors (Lipinski definition) is 1. The lowest BCUT2D eigenvalue weighted by atomic mass is 10.3. The molecule has 1 N–H and O–H groups in total. The van der Waals surface area contributed by atoms with Crippen LogP contribution in [0.5, 0.6) is 0 Å². The van der Waals surface area contributed by atoms with Crippen LogP contribution in [0.2, 0.25) is 0 Å². The number of aliphatic hydroxyl groups excluding tert-OH is 1. The third-order valence-electron chi connectivity index (χ3n) is 2.62. The highest BCUT2D eigenvalue weighted by molar-refractivity contribution is 9.10. The van der Waals surface area contributed by atoms with E-state index >= 15 is 0 Å². The van der Waals surface area contributed by atoms with Gasteiger partial charge in [0.2, 0.25) is 0 Å². The van der Waals surface area contributed by atoms with Crippen molar-refractivity contribution in [2.24, 2.45) is 0 Å². The lowest BCUT2D eigenvalue weighted by molar-refractivity contribution is 0.137. The van der Waals surface area contributed by atoms with Gasteiger partial charge >= 0.3 is 0 Å². The minimum absolute atomic E-state index is 0.261. The van der Waals surface area contributed by atoms with Crippen LogP contribution < -0.4 is 0 Å². The average molecular weight is 318 g/mol. The molecule has 0 aliphatic heterocycles. The van der Waals surface area contributed by atoms with E-state index in [1.165, 1.54) is 4.90 Å². The van der Waals surface area contributed by atoms with Crippen LogP contribution in [-0.2, 0) is 0 Å². The van der Waals surface area contributed by atoms with E-state index in [4.69, 9.17) is 0 Å². The monoisotopic (exact) mass is 317 g/mol. The topological polar surface area (TPSA) is 23.5 Å². The Kier molecular flexibility index (Phi) is 7.19. The summed E-state index contributed by atoms with van der Waals surface area (Å²) >= 11 is 5.11. The quantitative estimate of drug-likeness (QED) is 0.781. The highest BCUT2D eigenvalue weighted by atomic mass is 79.9. The summed E-state index contributed by atoms with van der Waals surface area (Å²) in [6.45, 7) is 7.00. The van der Waals surface area contributed by atoms with Crippen molar-refractivity contribution in [3.8, 4) is 0 Å². The summed E-state index contributed by atoms with van der Waals surface area (Å²) in [7, 11) is 0. The van der Waals surface area contributed by atoms with Gasteiger partial charge in [0.15, 0.2) is 0 Å². The number of halogens is 1. The minimum Gasteiger partial charge on any atom is -0.391 e. The summed E-state index contributed by atoms with van der Waals surface area (Å²) in [6.07, 6.45) is -0.261. The van der Waals surface area contributed by atoms with Crippen LogP contribution in [0, 0.1) is 0 Å². The molecule has 0 bridgehead atoms. The Balaban J connectivity index is 2.32. The third-order valence-corrected chi connectivity index (χ3v) is 4.31. The van der Waals surface area contributed by atoms with Crippen LogP contribution in [0.25, 0.3) is 0 Å². The molecule has 1 atom stereocenters. The van der Waals surface area contributed by atoms with Gasteiger partial charge in [0.25, 0.3) is 0 Å². The van der Waals surface area contributed by atoms with Crippen molar-refractivity contribution in [3.05, 3.63) is 28.7 Å². The van der Waals surface area contributed by atoms with Gasteiger partial charge in [-0.2, -0.15) is 0 Å². The SMILES string of the molecule is CCN(CC)CC(O)CSc1ccc(Br)cc1. The van der Waals surface area contributed by atoms with Crippen molar-refractivity contribution in [3.63, 3.8) is 0 Å². The van der Waals surface area contributed by atoms with Gasteiger partial charge < -0.3 is 10.0 Å². The predicted molar refractivity (Wildman–Crippen MR) is 78.7 cm³/mol. The number of aliphatic hydroxyl groups is 1. The van der Waals surface area contributed by atoms with E-state index in [2.05, 4.69) is 46.8 Å². The predicted octanol–water partition coefficient (Wildman–Crippen LogP) is 3.24. The molecule has 17 heavy (non-hydrogen) atoms. The number of thioether (sulfide) groups is 1. The molecular formula is C13H20BrNOS. The van der Waals surface area contributed by atoms with Gasteiger partial charge in [0.05, 0.1) is 6.10 Å². The summed E-state index contributed by atoms with van der Waals surface area (Å²) in [5.41, 5.74) is 0. The number of likely N-dealkylation sites (N-methyl/N-ethyl adjacent to an activating group) is 1. The zero-order chi connectivity index (χ0) is 12.7. The molecule has 1 rings (SSSR count). The van der Waals surface area contributed by atoms with Crippen molar-refractivity contribution in [1.29, 1.82) is 0 Å². The Labute approximate surface area is 117 Å². The van der Waals surface area contributed by atoms with E-state index in [1.807, 2.05) is 12.1 Å². The minimum atomic E-state index is -0.261. The fraction of sp³-hybridized carbons (Fsp3) is 0.538. The molecule has 1 aromatic rings. The molecule has 4 heteroatoms. The second-order valence-electron chi connectivity index (χ2n) is 3.90. The zero-order valence-corrected chi connectivity index (χ0v) is 12.8. The summed E-state index contributed by atoms with van der Waals surface area (Å²) in [4.78, 5) is 3.44. The first-order chi connectivity index (χ1) is 8.15. The van der Waals surface area contributed by atoms with E-state index in [1.54, 1.807) is 11.8 Å². The van der Waals surface area contributed by atoms with E-state index in [0.717, 1.165) is 29.9 Å². The highest BCUT2D eigenvalue weighted by Gasteiger charge is 2.09. The first-order valence-corrected chi connectivity index (χ1v) is 7.72. The molecule has 1 unspecified atom stereocenters. The second-order valence-corrected chi connectivity index (χ2v) is 5.91. The molecule has 0 amide bonds. The summed E-state index contributed by atoms with van der Waals surface area (Å²) < 4.78 is 1.09. The Bertz CT molecular complexity index is 314. The fourth-order valence-corrected chi connectivity index (χ4v) is 2.64. The van der Waals surface area contributed by atoms with Gasteiger partial charge in [-0.05, 0) is 37.4 Å². The van der Waals surface area contributed by atoms with Gasteiger partial charge in [-0.25, -0.2) is 0 Å². The number of nitrogens with zero attached hydrogens (tertiary/aromatic N) is 1. The van der Waals surface area contributed by atoms with E-state index < -0.39 is 0 Å². The molecule has 0 aliphatic carbocycles. The van der Waals surface area contributed by atoms with Crippen LogP contribution >= 0.6 is 27.7 Å². The van der Waals surface area contributed by atoms with Crippen LogP contribution in [-0.4, -0.2) is 41.5 Å². The van der Waals surface area contributed by atoms with Gasteiger partial charge in [0.1, 0.15) is 0 Å². The average Bonchev–Trinajstić information content (AvgIpc) is 2.35. The van der Waals surface area contributed by atoms with E-state index in [9.17, 15) is 5.11 Å². The number of hydrogen-bond acceptors (Lipinski definition) is 3. The molecular weight excluding hydrogens is 298 g/mol. The Morgan fingerprint density at radius 1 is 1.24 bits per heavy atom. The van der Waals surface area contributed by atoms with Gasteiger partial charge in [-0.1, -0.05) is 29.8 Å². The molecule has 0 radical (unpaired) electrons. The highest BCUT2D eigenvalue weighted by Crippen LogP contribution is 2.21. The van der Waals surface area contributed by atoms with Crippen molar-refractivity contribution < 1.29 is 5.11 Å². The summed E-state index contributed by atoms with van der Waals surface area (Å²) in [5, 5.41) is 9.93. The van der Waals surface area contributed by atoms with Crippen molar-refractivity contribution in [1.82, 2.24) is 4.90 Å². The molecule has 0 aromatic heterocycles. The normalized spacial score (nSPS) is 13.0. The Hall–Kier alpha value is -0.0300. The first kappa shape index (κ1) is 15.0. The standard InChI is InChI=1S/C13H20BrNOS/c1-3-15(4-2)9-12(16)10-17-13-7-5-11(14)6-8-13/h5-8,12,16H,3-4,9-10H2,1-2H3. The maximum Gasteiger partial charge on any atom is 0.0760 e. The van der Waals surface area contributed by atoms with E-state index in [-0.39, 0.29) is 6.10 Å². The van der Waals surface area contributed by atoms with Gasteiger partial charge in [0, 0.05) is 21.7 Å². The Morgan fingerprint density at radius 3 is 2.35 bits per heavy atom. The molecule has 0 saturated heterocycles. The zero-order valence-electron chi connectivity index (χ0n) is 10.4. The maximum atomic E-state index is 9.93. The number of benzene rings is 1. The molecule has 0 spiro atoms. The smallest absolute Gasteiger partial charge is 0.0760 e. The third kappa shape index (κ3) is 5.91. The summed E-state index contributed by atoms with van der Waals surface area (Å²) in [5.74, 6) is 0.748. The molecule has 0 fully saturated rings. The van der Waals surface area contributed by atoms with Crippen LogP contribution in [0.1, 0.15) is 13.8 Å². The van der Waals surface area contributed by atoms with Crippen LogP contribution in [0.4, 0.5) is 0 Å². The first-order valence-electron chi connectivity index (χ1n) is 5.94. The van der Waals surface area contributed by atoms with Gasteiger partial charge in [-0.3, -0.25) is 0 Å². The lowest BCUT2D eigenvalue weighted by Gasteiger charge is -2.21. The molecule has 2 nitrogen and oxygen atoms in total. The molecule has 96 valence electrons. The Morgan fingerprint density at radius 2 is 1.82 bits per heavy atom. The lowest BCUT2D eigenvalue weighted by Crippen LogP contribution is -2.33. The number of rotatable bonds is 7. The van der Waals surface area contributed by atoms with Gasteiger partial charge in [-0.15, -0.1) is 11.8 Å². The molecule has 0 aliphatic rings. The maximum absolute atomic E-state index is 9.93. The largest absolute Gasteiger partial charge is 0.391 e. The second kappa shape index (κ2) is 8.14.